The highest BCUT2D eigenvalue weighted by Gasteiger charge is 2.27. The standard InChI is InChI=1S/C16H15FIN3O3S/c1-3-20(4-2)16-19-11-9(15(23)24)13(22)10(18)12(14(11)25-16)21-6-5-8(17)7-21/h5-7,22H,3-4H2,1-2H3,(H,23,24). The number of aromatic nitrogens is 2. The van der Waals surface area contributed by atoms with Gasteiger partial charge in [0.2, 0.25) is 0 Å². The number of carboxylic acids is 1. The van der Waals surface area contributed by atoms with Gasteiger partial charge in [-0.3, -0.25) is 0 Å². The topological polar surface area (TPSA) is 78.6 Å². The summed E-state index contributed by atoms with van der Waals surface area (Å²) in [6.45, 7) is 5.40. The van der Waals surface area contributed by atoms with Crippen LogP contribution in [-0.4, -0.2) is 38.8 Å². The summed E-state index contributed by atoms with van der Waals surface area (Å²) < 4.78 is 16.0. The number of anilines is 1. The molecule has 0 aliphatic rings. The lowest BCUT2D eigenvalue weighted by Crippen LogP contribution is -2.21. The van der Waals surface area contributed by atoms with Gasteiger partial charge in [-0.1, -0.05) is 11.3 Å². The SMILES string of the molecule is CCN(CC)c1nc2c(C(=O)O)c(O)c(I)c(-n3ccc(F)c3)c2s1. The van der Waals surface area contributed by atoms with Crippen molar-refractivity contribution in [3.8, 4) is 11.4 Å². The van der Waals surface area contributed by atoms with Gasteiger partial charge in [-0.2, -0.15) is 0 Å². The van der Waals surface area contributed by atoms with E-state index in [4.69, 9.17) is 0 Å². The summed E-state index contributed by atoms with van der Waals surface area (Å²) in [5.41, 5.74) is 0.504. The zero-order chi connectivity index (χ0) is 18.3. The lowest BCUT2D eigenvalue weighted by atomic mass is 10.1. The Hall–Kier alpha value is -1.88. The van der Waals surface area contributed by atoms with Crippen LogP contribution in [0.1, 0.15) is 24.2 Å². The molecule has 0 spiro atoms. The van der Waals surface area contributed by atoms with Crippen LogP contribution in [0.15, 0.2) is 18.5 Å². The monoisotopic (exact) mass is 475 g/mol. The van der Waals surface area contributed by atoms with E-state index in [0.29, 0.717) is 19.1 Å². The van der Waals surface area contributed by atoms with Crippen molar-refractivity contribution in [2.24, 2.45) is 0 Å². The highest BCUT2D eigenvalue weighted by atomic mass is 127. The molecule has 0 radical (unpaired) electrons. The third-order valence-electron chi connectivity index (χ3n) is 3.88. The number of carbonyl (C=O) groups is 1. The zero-order valence-corrected chi connectivity index (χ0v) is 16.4. The molecule has 0 saturated heterocycles. The number of hydrogen-bond acceptors (Lipinski definition) is 5. The third kappa shape index (κ3) is 2.95. The van der Waals surface area contributed by atoms with E-state index in [1.54, 1.807) is 0 Å². The fourth-order valence-corrected chi connectivity index (χ4v) is 4.90. The van der Waals surface area contributed by atoms with Gasteiger partial charge in [-0.15, -0.1) is 0 Å². The summed E-state index contributed by atoms with van der Waals surface area (Å²) in [6, 6.07) is 1.30. The number of carboxylic acid groups (broad SMARTS) is 1. The second kappa shape index (κ2) is 6.79. The predicted molar refractivity (Wildman–Crippen MR) is 104 cm³/mol. The van der Waals surface area contributed by atoms with Crippen LogP contribution in [0.4, 0.5) is 9.52 Å². The number of rotatable bonds is 5. The Kier molecular flexibility index (Phi) is 4.87. The number of nitrogens with zero attached hydrogens (tertiary/aromatic N) is 3. The minimum atomic E-state index is -1.25. The first-order chi connectivity index (χ1) is 11.9. The number of halogens is 2. The Morgan fingerprint density at radius 1 is 1.44 bits per heavy atom. The van der Waals surface area contributed by atoms with Gasteiger partial charge in [0, 0.05) is 25.5 Å². The molecule has 2 heterocycles. The van der Waals surface area contributed by atoms with Gasteiger partial charge >= 0.3 is 5.97 Å². The largest absolute Gasteiger partial charge is 0.506 e. The number of fused-ring (bicyclic) bond motifs is 1. The fourth-order valence-electron chi connectivity index (χ4n) is 2.64. The summed E-state index contributed by atoms with van der Waals surface area (Å²) in [7, 11) is 0. The van der Waals surface area contributed by atoms with E-state index in [-0.39, 0.29) is 16.8 Å². The third-order valence-corrected chi connectivity index (χ3v) is 6.03. The second-order valence-electron chi connectivity index (χ2n) is 5.27. The van der Waals surface area contributed by atoms with Gasteiger partial charge < -0.3 is 19.7 Å². The summed E-state index contributed by atoms with van der Waals surface area (Å²) >= 11 is 3.21. The molecule has 0 fully saturated rings. The highest BCUT2D eigenvalue weighted by molar-refractivity contribution is 14.1. The summed E-state index contributed by atoms with van der Waals surface area (Å²) in [4.78, 5) is 18.1. The van der Waals surface area contributed by atoms with E-state index in [9.17, 15) is 19.4 Å². The Morgan fingerprint density at radius 3 is 2.64 bits per heavy atom. The molecule has 0 amide bonds. The highest BCUT2D eigenvalue weighted by Crippen LogP contribution is 2.43. The Bertz CT molecular complexity index is 965. The molecule has 0 unspecified atom stereocenters. The first-order valence-corrected chi connectivity index (χ1v) is 9.45. The summed E-state index contributed by atoms with van der Waals surface area (Å²) in [5.74, 6) is -2.03. The number of aromatic hydroxyl groups is 1. The number of phenols is 1. The van der Waals surface area contributed by atoms with Crippen molar-refractivity contribution in [3.63, 3.8) is 0 Å². The van der Waals surface area contributed by atoms with E-state index in [1.807, 2.05) is 41.3 Å². The van der Waals surface area contributed by atoms with Gasteiger partial charge in [0.25, 0.3) is 0 Å². The smallest absolute Gasteiger partial charge is 0.341 e. The quantitative estimate of drug-likeness (QED) is 0.544. The van der Waals surface area contributed by atoms with Crippen LogP contribution in [0.3, 0.4) is 0 Å². The maximum atomic E-state index is 13.5. The van der Waals surface area contributed by atoms with Crippen LogP contribution in [0.2, 0.25) is 0 Å². The van der Waals surface area contributed by atoms with Crippen molar-refractivity contribution >= 4 is 55.2 Å². The molecule has 1 aromatic carbocycles. The molecule has 0 atom stereocenters. The molecule has 0 aliphatic heterocycles. The molecule has 6 nitrogen and oxygen atoms in total. The van der Waals surface area contributed by atoms with Crippen LogP contribution in [-0.2, 0) is 0 Å². The minimum absolute atomic E-state index is 0.210. The molecule has 2 aromatic heterocycles. The first-order valence-electron chi connectivity index (χ1n) is 7.56. The molecule has 3 aromatic rings. The van der Waals surface area contributed by atoms with Gasteiger partial charge in [0.15, 0.2) is 5.13 Å². The van der Waals surface area contributed by atoms with Crippen molar-refractivity contribution in [2.45, 2.75) is 13.8 Å². The van der Waals surface area contributed by atoms with Crippen molar-refractivity contribution in [2.75, 3.05) is 18.0 Å². The molecule has 2 N–H and O–H groups in total. The molecule has 9 heteroatoms. The van der Waals surface area contributed by atoms with E-state index in [0.717, 1.165) is 13.1 Å². The van der Waals surface area contributed by atoms with Gasteiger partial charge in [-0.25, -0.2) is 14.2 Å². The molecule has 0 saturated carbocycles. The Morgan fingerprint density at radius 2 is 2.12 bits per heavy atom. The fraction of sp³-hybridized carbons (Fsp3) is 0.250. The lowest BCUT2D eigenvalue weighted by Gasteiger charge is -2.16. The maximum absolute atomic E-state index is 13.5. The maximum Gasteiger partial charge on any atom is 0.341 e. The van der Waals surface area contributed by atoms with Crippen molar-refractivity contribution in [3.05, 3.63) is 33.4 Å². The Balaban J connectivity index is 2.41. The van der Waals surface area contributed by atoms with Gasteiger partial charge in [0.05, 0.1) is 14.0 Å². The number of thiazole rings is 1. The van der Waals surface area contributed by atoms with Gasteiger partial charge in [0.1, 0.15) is 22.6 Å². The van der Waals surface area contributed by atoms with Crippen LogP contribution >= 0.6 is 33.9 Å². The molecule has 3 rings (SSSR count). The van der Waals surface area contributed by atoms with Crippen molar-refractivity contribution in [1.82, 2.24) is 9.55 Å². The van der Waals surface area contributed by atoms with Crippen LogP contribution in [0, 0.1) is 9.39 Å². The number of aromatic carboxylic acids is 1. The van der Waals surface area contributed by atoms with Gasteiger partial charge in [-0.05, 0) is 42.5 Å². The Labute approximate surface area is 160 Å². The lowest BCUT2D eigenvalue weighted by molar-refractivity contribution is 0.0695. The van der Waals surface area contributed by atoms with E-state index >= 15 is 0 Å². The van der Waals surface area contributed by atoms with Crippen LogP contribution in [0.25, 0.3) is 15.9 Å². The average molecular weight is 475 g/mol. The summed E-state index contributed by atoms with van der Waals surface area (Å²) in [6.07, 6.45) is 2.82. The molecule has 0 bridgehead atoms. The van der Waals surface area contributed by atoms with Crippen LogP contribution < -0.4 is 4.90 Å². The second-order valence-corrected chi connectivity index (χ2v) is 7.33. The molecular formula is C16H15FIN3O3S. The van der Waals surface area contributed by atoms with Crippen molar-refractivity contribution in [1.29, 1.82) is 0 Å². The zero-order valence-electron chi connectivity index (χ0n) is 13.5. The summed E-state index contributed by atoms with van der Waals surface area (Å²) in [5, 5.41) is 20.6. The minimum Gasteiger partial charge on any atom is -0.506 e. The predicted octanol–water partition coefficient (Wildman–Crippen LogP) is 4.08. The molecular weight excluding hydrogens is 460 g/mol. The molecule has 0 aliphatic carbocycles. The van der Waals surface area contributed by atoms with Crippen LogP contribution in [0.5, 0.6) is 5.75 Å². The van der Waals surface area contributed by atoms with E-state index in [2.05, 4.69) is 4.98 Å². The first kappa shape index (κ1) is 17.9. The molecule has 132 valence electrons. The normalized spacial score (nSPS) is 11.2. The van der Waals surface area contributed by atoms with Crippen molar-refractivity contribution < 1.29 is 19.4 Å². The number of benzene rings is 1. The number of hydrogen-bond donors (Lipinski definition) is 2. The molecule has 25 heavy (non-hydrogen) atoms. The van der Waals surface area contributed by atoms with E-state index in [1.165, 1.54) is 34.4 Å². The average Bonchev–Trinajstić information content (AvgIpc) is 3.16. The van der Waals surface area contributed by atoms with E-state index < -0.39 is 11.8 Å².